The van der Waals surface area contributed by atoms with E-state index in [1.807, 2.05) is 0 Å². The van der Waals surface area contributed by atoms with Crippen LogP contribution < -0.4 is 5.73 Å². The van der Waals surface area contributed by atoms with E-state index in [9.17, 15) is 0 Å². The highest BCUT2D eigenvalue weighted by Crippen LogP contribution is 2.25. The SMILES string of the molecule is CC(N)(CO)Cc1c[nH]c2ncnc(Cl)c12. The van der Waals surface area contributed by atoms with Gasteiger partial charge in [-0.15, -0.1) is 0 Å². The minimum atomic E-state index is -0.672. The Balaban J connectivity index is 2.46. The van der Waals surface area contributed by atoms with Gasteiger partial charge in [-0.05, 0) is 18.9 Å². The maximum Gasteiger partial charge on any atom is 0.142 e. The number of rotatable bonds is 3. The molecule has 0 spiro atoms. The van der Waals surface area contributed by atoms with Crippen LogP contribution in [-0.4, -0.2) is 32.2 Å². The third kappa shape index (κ3) is 2.02. The first kappa shape index (κ1) is 11.3. The molecule has 4 N–H and O–H groups in total. The van der Waals surface area contributed by atoms with Gasteiger partial charge in [-0.3, -0.25) is 0 Å². The summed E-state index contributed by atoms with van der Waals surface area (Å²) in [7, 11) is 0. The molecular weight excluding hydrogens is 228 g/mol. The monoisotopic (exact) mass is 240 g/mol. The van der Waals surface area contributed by atoms with E-state index in [0.29, 0.717) is 17.2 Å². The van der Waals surface area contributed by atoms with Crippen molar-refractivity contribution >= 4 is 22.6 Å². The fourth-order valence-electron chi connectivity index (χ4n) is 1.62. The van der Waals surface area contributed by atoms with Gasteiger partial charge in [0.05, 0.1) is 12.0 Å². The Kier molecular flexibility index (Phi) is 2.84. The molecule has 0 aliphatic rings. The zero-order chi connectivity index (χ0) is 11.8. The van der Waals surface area contributed by atoms with Crippen molar-refractivity contribution in [2.45, 2.75) is 18.9 Å². The second-order valence-electron chi connectivity index (χ2n) is 4.19. The number of aliphatic hydroxyl groups excluding tert-OH is 1. The fraction of sp³-hybridized carbons (Fsp3) is 0.400. The zero-order valence-electron chi connectivity index (χ0n) is 8.87. The smallest absolute Gasteiger partial charge is 0.142 e. The quantitative estimate of drug-likeness (QED) is 0.695. The highest BCUT2D eigenvalue weighted by atomic mass is 35.5. The number of nitrogens with one attached hydrogen (secondary N) is 1. The molecule has 0 bridgehead atoms. The van der Waals surface area contributed by atoms with Crippen LogP contribution in [0.5, 0.6) is 0 Å². The molecule has 0 saturated heterocycles. The lowest BCUT2D eigenvalue weighted by Crippen LogP contribution is -2.42. The molecule has 2 heterocycles. The Bertz CT molecular complexity index is 508. The Hall–Kier alpha value is -1.17. The molecule has 1 unspecified atom stereocenters. The lowest BCUT2D eigenvalue weighted by atomic mass is 9.95. The molecule has 16 heavy (non-hydrogen) atoms. The molecule has 6 heteroatoms. The van der Waals surface area contributed by atoms with Crippen molar-refractivity contribution in [2.75, 3.05) is 6.61 Å². The van der Waals surface area contributed by atoms with E-state index in [1.165, 1.54) is 6.33 Å². The topological polar surface area (TPSA) is 87.8 Å². The average Bonchev–Trinajstić information content (AvgIpc) is 2.62. The van der Waals surface area contributed by atoms with Crippen molar-refractivity contribution < 1.29 is 5.11 Å². The van der Waals surface area contributed by atoms with E-state index in [0.717, 1.165) is 10.9 Å². The summed E-state index contributed by atoms with van der Waals surface area (Å²) in [6.45, 7) is 1.69. The number of fused-ring (bicyclic) bond motifs is 1. The number of aliphatic hydroxyl groups is 1. The molecule has 2 rings (SSSR count). The lowest BCUT2D eigenvalue weighted by Gasteiger charge is -2.20. The highest BCUT2D eigenvalue weighted by molar-refractivity contribution is 6.34. The summed E-state index contributed by atoms with van der Waals surface area (Å²) in [5.41, 5.74) is 6.83. The molecule has 2 aromatic rings. The number of hydrogen-bond acceptors (Lipinski definition) is 4. The van der Waals surface area contributed by atoms with Gasteiger partial charge in [0, 0.05) is 11.7 Å². The van der Waals surface area contributed by atoms with E-state index >= 15 is 0 Å². The summed E-state index contributed by atoms with van der Waals surface area (Å²) in [4.78, 5) is 11.0. The molecule has 0 amide bonds. The molecular formula is C10H13ClN4O. The van der Waals surface area contributed by atoms with Crippen molar-refractivity contribution in [3.8, 4) is 0 Å². The number of nitrogens with two attached hydrogens (primary N) is 1. The van der Waals surface area contributed by atoms with E-state index in [2.05, 4.69) is 15.0 Å². The van der Waals surface area contributed by atoms with Gasteiger partial charge >= 0.3 is 0 Å². The molecule has 0 fully saturated rings. The van der Waals surface area contributed by atoms with Crippen LogP contribution in [0.2, 0.25) is 5.15 Å². The first-order valence-electron chi connectivity index (χ1n) is 4.90. The third-order valence-electron chi connectivity index (χ3n) is 2.46. The van der Waals surface area contributed by atoms with Crippen LogP contribution in [0, 0.1) is 0 Å². The Morgan fingerprint density at radius 1 is 1.56 bits per heavy atom. The molecule has 0 aromatic carbocycles. The van der Waals surface area contributed by atoms with Gasteiger partial charge in [0.1, 0.15) is 17.1 Å². The van der Waals surface area contributed by atoms with Crippen LogP contribution in [0.3, 0.4) is 0 Å². The van der Waals surface area contributed by atoms with Crippen molar-refractivity contribution in [2.24, 2.45) is 5.73 Å². The molecule has 0 saturated carbocycles. The van der Waals surface area contributed by atoms with Gasteiger partial charge in [0.25, 0.3) is 0 Å². The van der Waals surface area contributed by atoms with E-state index in [1.54, 1.807) is 13.1 Å². The molecule has 0 aliphatic heterocycles. The predicted octanol–water partition coefficient (Wildman–Crippen LogP) is 0.863. The van der Waals surface area contributed by atoms with Crippen LogP contribution in [-0.2, 0) is 6.42 Å². The van der Waals surface area contributed by atoms with Crippen molar-refractivity contribution in [3.63, 3.8) is 0 Å². The van der Waals surface area contributed by atoms with Gasteiger partial charge in [-0.1, -0.05) is 11.6 Å². The average molecular weight is 241 g/mol. The molecule has 5 nitrogen and oxygen atoms in total. The van der Waals surface area contributed by atoms with Crippen molar-refractivity contribution in [3.05, 3.63) is 23.2 Å². The van der Waals surface area contributed by atoms with Crippen molar-refractivity contribution in [1.82, 2.24) is 15.0 Å². The van der Waals surface area contributed by atoms with Crippen LogP contribution >= 0.6 is 11.6 Å². The molecule has 0 radical (unpaired) electrons. The molecule has 0 aliphatic carbocycles. The van der Waals surface area contributed by atoms with Gasteiger partial charge in [-0.25, -0.2) is 9.97 Å². The summed E-state index contributed by atoms with van der Waals surface area (Å²) >= 11 is 6.00. The Morgan fingerprint density at radius 2 is 2.31 bits per heavy atom. The predicted molar refractivity (Wildman–Crippen MR) is 62.3 cm³/mol. The summed E-state index contributed by atoms with van der Waals surface area (Å²) in [6.07, 6.45) is 3.71. The Labute approximate surface area is 97.7 Å². The van der Waals surface area contributed by atoms with E-state index < -0.39 is 5.54 Å². The number of nitrogens with zero attached hydrogens (tertiary/aromatic N) is 2. The van der Waals surface area contributed by atoms with Gasteiger partial charge in [0.15, 0.2) is 0 Å². The van der Waals surface area contributed by atoms with Crippen LogP contribution in [0.1, 0.15) is 12.5 Å². The number of halogens is 1. The summed E-state index contributed by atoms with van der Waals surface area (Å²) in [5.74, 6) is 0. The van der Waals surface area contributed by atoms with Crippen LogP contribution in [0.25, 0.3) is 11.0 Å². The minimum absolute atomic E-state index is 0.0923. The zero-order valence-corrected chi connectivity index (χ0v) is 9.62. The minimum Gasteiger partial charge on any atom is -0.394 e. The van der Waals surface area contributed by atoms with Gasteiger partial charge < -0.3 is 15.8 Å². The van der Waals surface area contributed by atoms with E-state index in [4.69, 9.17) is 22.4 Å². The van der Waals surface area contributed by atoms with Gasteiger partial charge in [0.2, 0.25) is 0 Å². The number of aromatic amines is 1. The van der Waals surface area contributed by atoms with Crippen LogP contribution in [0.15, 0.2) is 12.5 Å². The van der Waals surface area contributed by atoms with Crippen LogP contribution in [0.4, 0.5) is 0 Å². The second kappa shape index (κ2) is 4.01. The number of H-pyrrole nitrogens is 1. The second-order valence-corrected chi connectivity index (χ2v) is 4.55. The molecule has 86 valence electrons. The normalized spacial score (nSPS) is 15.2. The third-order valence-corrected chi connectivity index (χ3v) is 2.75. The first-order chi connectivity index (χ1) is 7.53. The highest BCUT2D eigenvalue weighted by Gasteiger charge is 2.21. The van der Waals surface area contributed by atoms with Crippen molar-refractivity contribution in [1.29, 1.82) is 0 Å². The largest absolute Gasteiger partial charge is 0.394 e. The first-order valence-corrected chi connectivity index (χ1v) is 5.27. The van der Waals surface area contributed by atoms with Gasteiger partial charge in [-0.2, -0.15) is 0 Å². The van der Waals surface area contributed by atoms with E-state index in [-0.39, 0.29) is 6.61 Å². The maximum absolute atomic E-state index is 9.13. The molecule has 1 atom stereocenters. The fourth-order valence-corrected chi connectivity index (χ4v) is 1.87. The summed E-state index contributed by atoms with van der Waals surface area (Å²) in [6, 6.07) is 0. The Morgan fingerprint density at radius 3 is 3.00 bits per heavy atom. The maximum atomic E-state index is 9.13. The molecule has 2 aromatic heterocycles. The standard InChI is InChI=1S/C10H13ClN4O/c1-10(12,4-16)2-6-3-13-9-7(6)8(11)14-5-15-9/h3,5,16H,2,4,12H2,1H3,(H,13,14,15). The number of aromatic nitrogens is 3. The number of hydrogen-bond donors (Lipinski definition) is 3. The lowest BCUT2D eigenvalue weighted by molar-refractivity contribution is 0.208. The summed E-state index contributed by atoms with van der Waals surface area (Å²) < 4.78 is 0. The summed E-state index contributed by atoms with van der Waals surface area (Å²) in [5, 5.41) is 10.3.